The summed E-state index contributed by atoms with van der Waals surface area (Å²) in [5.41, 5.74) is 0.575. The van der Waals surface area contributed by atoms with E-state index >= 15 is 0 Å². The summed E-state index contributed by atoms with van der Waals surface area (Å²) in [6.07, 6.45) is 2.37. The molecule has 0 amide bonds. The van der Waals surface area contributed by atoms with E-state index in [0.29, 0.717) is 13.0 Å². The van der Waals surface area contributed by atoms with Crippen molar-refractivity contribution in [3.8, 4) is 0 Å². The molecule has 2 unspecified atom stereocenters. The molecular weight excluding hydrogens is 202 g/mol. The topological polar surface area (TPSA) is 43.3 Å². The quantitative estimate of drug-likeness (QED) is 0.584. The largest absolute Gasteiger partial charge is 0.631 e. The van der Waals surface area contributed by atoms with Crippen molar-refractivity contribution >= 4 is 0 Å². The first-order valence-electron chi connectivity index (χ1n) is 5.82. The van der Waals surface area contributed by atoms with Crippen LogP contribution in [0, 0.1) is 12.1 Å². The van der Waals surface area contributed by atoms with Gasteiger partial charge in [0.25, 0.3) is 0 Å². The van der Waals surface area contributed by atoms with Crippen LogP contribution in [-0.4, -0.2) is 23.3 Å². The highest BCUT2D eigenvalue weighted by atomic mass is 16.6. The van der Waals surface area contributed by atoms with Crippen LogP contribution in [0.1, 0.15) is 30.4 Å². The molecule has 16 heavy (non-hydrogen) atoms. The SMILES string of the molecule is Cc1cccc(C2(O)CCCC[N+]2(C)[O-])c1. The summed E-state index contributed by atoms with van der Waals surface area (Å²) in [5, 5.41) is 23.0. The van der Waals surface area contributed by atoms with E-state index in [1.165, 1.54) is 0 Å². The zero-order valence-electron chi connectivity index (χ0n) is 9.94. The highest BCUT2D eigenvalue weighted by Crippen LogP contribution is 2.39. The summed E-state index contributed by atoms with van der Waals surface area (Å²) >= 11 is 0. The van der Waals surface area contributed by atoms with Gasteiger partial charge in [-0.25, -0.2) is 0 Å². The molecule has 1 N–H and O–H groups in total. The van der Waals surface area contributed by atoms with Gasteiger partial charge in [-0.3, -0.25) is 0 Å². The molecule has 3 heteroatoms. The fourth-order valence-electron chi connectivity index (χ4n) is 2.52. The molecule has 2 rings (SSSR count). The lowest BCUT2D eigenvalue weighted by molar-refractivity contribution is -0.956. The molecule has 1 aromatic rings. The molecular formula is C13H19NO2. The molecule has 2 atom stereocenters. The van der Waals surface area contributed by atoms with Crippen LogP contribution in [0.5, 0.6) is 0 Å². The summed E-state index contributed by atoms with van der Waals surface area (Å²) < 4.78 is -0.573. The average Bonchev–Trinajstić information content (AvgIpc) is 2.22. The van der Waals surface area contributed by atoms with Crippen LogP contribution < -0.4 is 0 Å². The van der Waals surface area contributed by atoms with Crippen LogP contribution in [0.2, 0.25) is 0 Å². The van der Waals surface area contributed by atoms with Crippen LogP contribution in [0.25, 0.3) is 0 Å². The second-order valence-electron chi connectivity index (χ2n) is 4.97. The van der Waals surface area contributed by atoms with Crippen molar-refractivity contribution in [2.24, 2.45) is 0 Å². The first-order valence-corrected chi connectivity index (χ1v) is 5.82. The van der Waals surface area contributed by atoms with Crippen molar-refractivity contribution in [1.82, 2.24) is 0 Å². The highest BCUT2D eigenvalue weighted by Gasteiger charge is 2.44. The third-order valence-corrected chi connectivity index (χ3v) is 3.62. The minimum atomic E-state index is -1.26. The van der Waals surface area contributed by atoms with Gasteiger partial charge in [-0.2, -0.15) is 0 Å². The summed E-state index contributed by atoms with van der Waals surface area (Å²) in [4.78, 5) is 0. The van der Waals surface area contributed by atoms with Gasteiger partial charge in [-0.05, 0) is 25.8 Å². The van der Waals surface area contributed by atoms with Crippen molar-refractivity contribution in [3.63, 3.8) is 0 Å². The van der Waals surface area contributed by atoms with Gasteiger partial charge < -0.3 is 15.0 Å². The molecule has 0 radical (unpaired) electrons. The molecule has 0 bridgehead atoms. The Morgan fingerprint density at radius 1 is 1.38 bits per heavy atom. The van der Waals surface area contributed by atoms with Crippen LogP contribution >= 0.6 is 0 Å². The van der Waals surface area contributed by atoms with Crippen LogP contribution in [0.15, 0.2) is 24.3 Å². The number of quaternary nitrogens is 1. The minimum absolute atomic E-state index is 0.491. The molecule has 0 spiro atoms. The van der Waals surface area contributed by atoms with E-state index in [0.717, 1.165) is 24.0 Å². The van der Waals surface area contributed by atoms with Gasteiger partial charge in [-0.15, -0.1) is 0 Å². The van der Waals surface area contributed by atoms with Crippen LogP contribution in [0.3, 0.4) is 0 Å². The van der Waals surface area contributed by atoms with E-state index in [1.807, 2.05) is 31.2 Å². The second-order valence-corrected chi connectivity index (χ2v) is 4.97. The maximum atomic E-state index is 12.4. The molecule has 1 saturated heterocycles. The normalized spacial score (nSPS) is 35.0. The Balaban J connectivity index is 2.43. The van der Waals surface area contributed by atoms with Gasteiger partial charge in [0, 0.05) is 12.0 Å². The van der Waals surface area contributed by atoms with Crippen molar-refractivity contribution in [1.29, 1.82) is 0 Å². The third-order valence-electron chi connectivity index (χ3n) is 3.62. The highest BCUT2D eigenvalue weighted by molar-refractivity contribution is 5.26. The number of hydrogen-bond donors (Lipinski definition) is 1. The fraction of sp³-hybridized carbons (Fsp3) is 0.538. The van der Waals surface area contributed by atoms with Crippen molar-refractivity contribution in [2.45, 2.75) is 31.9 Å². The summed E-state index contributed by atoms with van der Waals surface area (Å²) in [5.74, 6) is 0. The average molecular weight is 221 g/mol. The molecule has 1 aromatic carbocycles. The first kappa shape index (κ1) is 11.6. The first-order chi connectivity index (χ1) is 7.46. The van der Waals surface area contributed by atoms with E-state index in [4.69, 9.17) is 0 Å². The summed E-state index contributed by atoms with van der Waals surface area (Å²) in [6.45, 7) is 2.47. The standard InChI is InChI=1S/C13H19NO2/c1-11-6-5-7-12(10-11)13(15)8-3-4-9-14(13,2)16/h5-7,10,15H,3-4,8-9H2,1-2H3. The monoisotopic (exact) mass is 221 g/mol. The van der Waals surface area contributed by atoms with E-state index in [2.05, 4.69) is 0 Å². The molecule has 0 aliphatic carbocycles. The number of aryl methyl sites for hydroxylation is 1. The van der Waals surface area contributed by atoms with Crippen molar-refractivity contribution in [2.75, 3.05) is 13.6 Å². The lowest BCUT2D eigenvalue weighted by Crippen LogP contribution is -2.58. The van der Waals surface area contributed by atoms with Gasteiger partial charge in [0.15, 0.2) is 0 Å². The van der Waals surface area contributed by atoms with E-state index < -0.39 is 10.4 Å². The fourth-order valence-corrected chi connectivity index (χ4v) is 2.52. The van der Waals surface area contributed by atoms with Gasteiger partial charge in [0.2, 0.25) is 5.72 Å². The Labute approximate surface area is 96.5 Å². The molecule has 0 aromatic heterocycles. The predicted octanol–water partition coefficient (Wildman–Crippen LogP) is 2.27. The lowest BCUT2D eigenvalue weighted by Gasteiger charge is -2.54. The number of rotatable bonds is 1. The maximum absolute atomic E-state index is 12.4. The smallest absolute Gasteiger partial charge is 0.227 e. The van der Waals surface area contributed by atoms with Gasteiger partial charge in [0.05, 0.1) is 13.6 Å². The van der Waals surface area contributed by atoms with E-state index in [9.17, 15) is 10.3 Å². The number of piperidine rings is 1. The van der Waals surface area contributed by atoms with Crippen LogP contribution in [-0.2, 0) is 5.72 Å². The van der Waals surface area contributed by atoms with Crippen molar-refractivity contribution < 1.29 is 9.75 Å². The number of aliphatic hydroxyl groups is 1. The van der Waals surface area contributed by atoms with Gasteiger partial charge >= 0.3 is 0 Å². The Morgan fingerprint density at radius 2 is 2.12 bits per heavy atom. The Hall–Kier alpha value is -0.900. The Kier molecular flexibility index (Phi) is 2.78. The van der Waals surface area contributed by atoms with Gasteiger partial charge in [-0.1, -0.05) is 23.8 Å². The van der Waals surface area contributed by atoms with E-state index in [1.54, 1.807) is 7.05 Å². The molecule has 1 aliphatic rings. The predicted molar refractivity (Wildman–Crippen MR) is 63.3 cm³/mol. The Morgan fingerprint density at radius 3 is 2.75 bits per heavy atom. The number of hydroxylamine groups is 3. The molecule has 0 saturated carbocycles. The molecule has 1 fully saturated rings. The number of nitrogens with zero attached hydrogens (tertiary/aromatic N) is 1. The zero-order chi connectivity index (χ0) is 11.8. The second kappa shape index (κ2) is 3.84. The van der Waals surface area contributed by atoms with Crippen LogP contribution in [0.4, 0.5) is 0 Å². The zero-order valence-corrected chi connectivity index (χ0v) is 9.94. The van der Waals surface area contributed by atoms with E-state index in [-0.39, 0.29) is 0 Å². The molecule has 88 valence electrons. The number of hydrogen-bond acceptors (Lipinski definition) is 2. The number of benzene rings is 1. The maximum Gasteiger partial charge on any atom is 0.227 e. The molecule has 3 nitrogen and oxygen atoms in total. The summed E-state index contributed by atoms with van der Waals surface area (Å²) in [7, 11) is 1.57. The number of likely N-dealkylation sites (tertiary alicyclic amines) is 1. The molecule has 1 aliphatic heterocycles. The minimum Gasteiger partial charge on any atom is -0.631 e. The lowest BCUT2D eigenvalue weighted by atomic mass is 9.90. The Bertz CT molecular complexity index is 389. The summed E-state index contributed by atoms with van der Waals surface area (Å²) in [6, 6.07) is 7.65. The van der Waals surface area contributed by atoms with Gasteiger partial charge in [0.1, 0.15) is 0 Å². The third kappa shape index (κ3) is 1.75. The van der Waals surface area contributed by atoms with Crippen molar-refractivity contribution in [3.05, 3.63) is 40.6 Å². The molecule has 1 heterocycles.